The van der Waals surface area contributed by atoms with Crippen LogP contribution in [0, 0.1) is 0 Å². The Morgan fingerprint density at radius 2 is 2.25 bits per heavy atom. The second-order valence-electron chi connectivity index (χ2n) is 5.00. The maximum atomic E-state index is 11.6. The van der Waals surface area contributed by atoms with Crippen LogP contribution < -0.4 is 0 Å². The molecule has 0 aliphatic carbocycles. The molecular weight excluding hydrogens is 210 g/mol. The highest BCUT2D eigenvalue weighted by Crippen LogP contribution is 2.09. The molecule has 1 saturated heterocycles. The highest BCUT2D eigenvalue weighted by atomic mass is 16.6. The van der Waals surface area contributed by atoms with Crippen LogP contribution in [0.4, 0.5) is 0 Å². The molecule has 0 aromatic carbocycles. The molecule has 0 amide bonds. The van der Waals surface area contributed by atoms with Crippen LogP contribution in [0.2, 0.25) is 0 Å². The van der Waals surface area contributed by atoms with E-state index in [1.54, 1.807) is 0 Å². The Kier molecular flexibility index (Phi) is 4.70. The summed E-state index contributed by atoms with van der Waals surface area (Å²) in [4.78, 5) is 13.5. The van der Waals surface area contributed by atoms with Crippen molar-refractivity contribution in [3.8, 4) is 0 Å². The lowest BCUT2D eigenvalue weighted by atomic mass is 10.2. The van der Waals surface area contributed by atoms with Gasteiger partial charge in [-0.1, -0.05) is 0 Å². The zero-order chi connectivity index (χ0) is 12.2. The molecule has 0 bridgehead atoms. The number of hydrogen-bond donors (Lipinski definition) is 1. The monoisotopic (exact) mass is 231 g/mol. The van der Waals surface area contributed by atoms with Crippen LogP contribution in [0.5, 0.6) is 0 Å². The Labute approximate surface area is 96.3 Å². The van der Waals surface area contributed by atoms with Crippen LogP contribution in [-0.2, 0) is 14.3 Å². The molecule has 16 heavy (non-hydrogen) atoms. The molecule has 0 radical (unpaired) electrons. The van der Waals surface area contributed by atoms with Gasteiger partial charge in [-0.05, 0) is 20.8 Å². The largest absolute Gasteiger partial charge is 0.459 e. The molecule has 1 fully saturated rings. The fourth-order valence-electron chi connectivity index (χ4n) is 1.59. The molecule has 0 saturated carbocycles. The average molecular weight is 231 g/mol. The number of esters is 1. The van der Waals surface area contributed by atoms with Gasteiger partial charge in [-0.15, -0.1) is 0 Å². The van der Waals surface area contributed by atoms with Crippen LogP contribution in [0.15, 0.2) is 0 Å². The normalized spacial score (nSPS) is 23.1. The zero-order valence-corrected chi connectivity index (χ0v) is 10.2. The van der Waals surface area contributed by atoms with E-state index in [-0.39, 0.29) is 25.2 Å². The summed E-state index contributed by atoms with van der Waals surface area (Å²) < 4.78 is 10.5. The van der Waals surface area contributed by atoms with E-state index in [9.17, 15) is 4.79 Å². The number of nitrogens with zero attached hydrogens (tertiary/aromatic N) is 1. The third-order valence-electron chi connectivity index (χ3n) is 2.20. The van der Waals surface area contributed by atoms with Crippen LogP contribution in [-0.4, -0.2) is 60.5 Å². The lowest BCUT2D eigenvalue weighted by Crippen LogP contribution is -2.46. The van der Waals surface area contributed by atoms with Gasteiger partial charge < -0.3 is 14.6 Å². The van der Waals surface area contributed by atoms with E-state index >= 15 is 0 Å². The Hall–Kier alpha value is -0.650. The molecular formula is C11H21NO4. The molecule has 1 aliphatic rings. The van der Waals surface area contributed by atoms with Gasteiger partial charge in [0.1, 0.15) is 5.60 Å². The molecule has 0 aromatic rings. The van der Waals surface area contributed by atoms with E-state index < -0.39 is 5.60 Å². The van der Waals surface area contributed by atoms with Crippen LogP contribution in [0.1, 0.15) is 20.8 Å². The third kappa shape index (κ3) is 4.92. The number of rotatable bonds is 3. The molecule has 1 heterocycles. The van der Waals surface area contributed by atoms with E-state index in [2.05, 4.69) is 0 Å². The van der Waals surface area contributed by atoms with Crippen molar-refractivity contribution in [3.05, 3.63) is 0 Å². The van der Waals surface area contributed by atoms with E-state index in [4.69, 9.17) is 14.6 Å². The maximum Gasteiger partial charge on any atom is 0.320 e. The molecule has 5 heteroatoms. The molecule has 1 N–H and O–H groups in total. The molecule has 1 rings (SSSR count). The number of aliphatic hydroxyl groups is 1. The van der Waals surface area contributed by atoms with Crippen molar-refractivity contribution in [2.45, 2.75) is 32.5 Å². The van der Waals surface area contributed by atoms with Gasteiger partial charge in [-0.2, -0.15) is 0 Å². The molecule has 94 valence electrons. The lowest BCUT2D eigenvalue weighted by molar-refractivity contribution is -0.158. The van der Waals surface area contributed by atoms with Crippen molar-refractivity contribution in [1.29, 1.82) is 0 Å². The van der Waals surface area contributed by atoms with Gasteiger partial charge in [-0.3, -0.25) is 9.69 Å². The third-order valence-corrected chi connectivity index (χ3v) is 2.20. The Morgan fingerprint density at radius 3 is 2.81 bits per heavy atom. The minimum Gasteiger partial charge on any atom is -0.459 e. The Morgan fingerprint density at radius 1 is 1.56 bits per heavy atom. The van der Waals surface area contributed by atoms with Crippen molar-refractivity contribution >= 4 is 5.97 Å². The van der Waals surface area contributed by atoms with Crippen molar-refractivity contribution in [2.75, 3.05) is 32.8 Å². The number of aliphatic hydroxyl groups excluding tert-OH is 1. The van der Waals surface area contributed by atoms with Gasteiger partial charge in [0.2, 0.25) is 0 Å². The highest BCUT2D eigenvalue weighted by molar-refractivity contribution is 5.72. The number of carbonyl (C=O) groups is 1. The summed E-state index contributed by atoms with van der Waals surface area (Å²) in [6.07, 6.45) is -0.184. The molecule has 1 aliphatic heterocycles. The average Bonchev–Trinajstić information content (AvgIpc) is 2.15. The highest BCUT2D eigenvalue weighted by Gasteiger charge is 2.24. The summed E-state index contributed by atoms with van der Waals surface area (Å²) in [5.74, 6) is -0.230. The second kappa shape index (κ2) is 5.61. The van der Waals surface area contributed by atoms with Crippen molar-refractivity contribution < 1.29 is 19.4 Å². The summed E-state index contributed by atoms with van der Waals surface area (Å²) >= 11 is 0. The van der Waals surface area contributed by atoms with Crippen LogP contribution in [0.25, 0.3) is 0 Å². The predicted molar refractivity (Wildman–Crippen MR) is 59.1 cm³/mol. The molecule has 0 aromatic heterocycles. The summed E-state index contributed by atoms with van der Waals surface area (Å²) in [6, 6.07) is 0. The summed E-state index contributed by atoms with van der Waals surface area (Å²) in [7, 11) is 0. The molecule has 0 unspecified atom stereocenters. The van der Waals surface area contributed by atoms with Gasteiger partial charge in [0.15, 0.2) is 0 Å². The molecule has 1 atom stereocenters. The van der Waals surface area contributed by atoms with Crippen LogP contribution >= 0.6 is 0 Å². The van der Waals surface area contributed by atoms with Gasteiger partial charge in [0.25, 0.3) is 0 Å². The fourth-order valence-corrected chi connectivity index (χ4v) is 1.59. The second-order valence-corrected chi connectivity index (χ2v) is 5.00. The van der Waals surface area contributed by atoms with Gasteiger partial charge >= 0.3 is 5.97 Å². The quantitative estimate of drug-likeness (QED) is 0.694. The zero-order valence-electron chi connectivity index (χ0n) is 10.2. The molecule has 0 spiro atoms. The number of carbonyl (C=O) groups excluding carboxylic acids is 1. The van der Waals surface area contributed by atoms with E-state index in [0.29, 0.717) is 19.7 Å². The van der Waals surface area contributed by atoms with Gasteiger partial charge in [-0.25, -0.2) is 0 Å². The minimum atomic E-state index is -0.445. The standard InChI is InChI=1S/C11H21NO4/c1-11(2,3)16-10(14)7-12-4-5-15-9(6-12)8-13/h9,13H,4-8H2,1-3H3/t9-/m1/s1. The van der Waals surface area contributed by atoms with Crippen molar-refractivity contribution in [2.24, 2.45) is 0 Å². The Balaban J connectivity index is 2.33. The van der Waals surface area contributed by atoms with Gasteiger partial charge in [0.05, 0.1) is 25.9 Å². The van der Waals surface area contributed by atoms with E-state index in [1.165, 1.54) is 0 Å². The summed E-state index contributed by atoms with van der Waals surface area (Å²) in [5, 5.41) is 8.96. The topological polar surface area (TPSA) is 59.0 Å². The van der Waals surface area contributed by atoms with Crippen molar-refractivity contribution in [3.63, 3.8) is 0 Å². The first-order valence-electron chi connectivity index (χ1n) is 5.57. The first-order valence-corrected chi connectivity index (χ1v) is 5.57. The number of ether oxygens (including phenoxy) is 2. The summed E-state index contributed by atoms with van der Waals surface area (Å²) in [6.45, 7) is 7.63. The predicted octanol–water partition coefficient (Wildman–Crippen LogP) is 0.0212. The summed E-state index contributed by atoms with van der Waals surface area (Å²) in [5.41, 5.74) is -0.445. The minimum absolute atomic E-state index is 0.00911. The number of morpholine rings is 1. The number of hydrogen-bond acceptors (Lipinski definition) is 5. The van der Waals surface area contributed by atoms with E-state index in [1.807, 2.05) is 25.7 Å². The van der Waals surface area contributed by atoms with Gasteiger partial charge in [0, 0.05) is 13.1 Å². The SMILES string of the molecule is CC(C)(C)OC(=O)CN1CCO[C@@H](CO)C1. The fraction of sp³-hybridized carbons (Fsp3) is 0.909. The van der Waals surface area contributed by atoms with E-state index in [0.717, 1.165) is 0 Å². The Bertz CT molecular complexity index is 237. The lowest BCUT2D eigenvalue weighted by Gasteiger charge is -2.32. The molecule has 5 nitrogen and oxygen atoms in total. The smallest absolute Gasteiger partial charge is 0.320 e. The van der Waals surface area contributed by atoms with Crippen molar-refractivity contribution in [1.82, 2.24) is 4.90 Å². The first kappa shape index (κ1) is 13.4. The first-order chi connectivity index (χ1) is 7.40. The van der Waals surface area contributed by atoms with Crippen LogP contribution in [0.3, 0.4) is 0 Å². The maximum absolute atomic E-state index is 11.6.